The number of hydrogen-bond donors (Lipinski definition) is 1. The lowest BCUT2D eigenvalue weighted by Gasteiger charge is -2.02. The molecule has 0 aliphatic rings. The summed E-state index contributed by atoms with van der Waals surface area (Å²) in [6, 6.07) is 8.43. The molecule has 17 heavy (non-hydrogen) atoms. The first kappa shape index (κ1) is 11.6. The normalized spacial score (nSPS) is 10.2. The predicted molar refractivity (Wildman–Crippen MR) is 68.2 cm³/mol. The number of halogens is 1. The fourth-order valence-corrected chi connectivity index (χ4v) is 2.88. The lowest BCUT2D eigenvalue weighted by atomic mass is 10.1. The Bertz CT molecular complexity index is 596. The van der Waals surface area contributed by atoms with Crippen LogP contribution in [-0.4, -0.2) is 0 Å². The fourth-order valence-electron chi connectivity index (χ4n) is 1.77. The van der Waals surface area contributed by atoms with E-state index < -0.39 is 0 Å². The van der Waals surface area contributed by atoms with Crippen LogP contribution in [0, 0.1) is 17.1 Å². The largest absolute Gasteiger partial charge is 0.397 e. The van der Waals surface area contributed by atoms with Crippen molar-refractivity contribution in [2.45, 2.75) is 13.3 Å². The van der Waals surface area contributed by atoms with Crippen LogP contribution in [0.25, 0.3) is 10.4 Å². The molecule has 0 fully saturated rings. The highest BCUT2D eigenvalue weighted by Gasteiger charge is 2.15. The molecule has 2 aromatic rings. The van der Waals surface area contributed by atoms with E-state index in [0.717, 1.165) is 22.4 Å². The number of hydrogen-bond acceptors (Lipinski definition) is 3. The Morgan fingerprint density at radius 1 is 1.47 bits per heavy atom. The Labute approximate surface area is 103 Å². The fraction of sp³-hybridized carbons (Fsp3) is 0.154. The summed E-state index contributed by atoms with van der Waals surface area (Å²) in [5.74, 6) is -0.282. The maximum absolute atomic E-state index is 13.2. The maximum atomic E-state index is 13.2. The molecule has 0 radical (unpaired) electrons. The lowest BCUT2D eigenvalue weighted by molar-refractivity contribution is 0.628. The first-order valence-electron chi connectivity index (χ1n) is 5.24. The van der Waals surface area contributed by atoms with Gasteiger partial charge in [-0.1, -0.05) is 19.1 Å². The molecule has 1 aromatic heterocycles. The molecule has 0 unspecified atom stereocenters. The number of anilines is 1. The topological polar surface area (TPSA) is 49.8 Å². The number of nitrogens with two attached hydrogens (primary N) is 1. The number of benzene rings is 1. The van der Waals surface area contributed by atoms with E-state index in [0.29, 0.717) is 10.6 Å². The number of nitrogens with zero attached hydrogens (tertiary/aromatic N) is 1. The van der Waals surface area contributed by atoms with Crippen LogP contribution in [0.1, 0.15) is 17.4 Å². The van der Waals surface area contributed by atoms with Crippen LogP contribution in [0.3, 0.4) is 0 Å². The van der Waals surface area contributed by atoms with Crippen LogP contribution in [0.5, 0.6) is 0 Å². The van der Waals surface area contributed by atoms with Crippen molar-refractivity contribution >= 4 is 17.0 Å². The van der Waals surface area contributed by atoms with Crippen molar-refractivity contribution in [3.05, 3.63) is 40.5 Å². The first-order chi connectivity index (χ1) is 8.17. The highest BCUT2D eigenvalue weighted by molar-refractivity contribution is 7.16. The minimum absolute atomic E-state index is 0.282. The van der Waals surface area contributed by atoms with Crippen molar-refractivity contribution in [3.8, 4) is 16.5 Å². The molecule has 0 aliphatic carbocycles. The maximum Gasteiger partial charge on any atom is 0.128 e. The summed E-state index contributed by atoms with van der Waals surface area (Å²) in [6.45, 7) is 1.97. The average molecular weight is 246 g/mol. The smallest absolute Gasteiger partial charge is 0.128 e. The summed E-state index contributed by atoms with van der Waals surface area (Å²) in [5.41, 5.74) is 8.13. The molecule has 2 nitrogen and oxygen atoms in total. The zero-order valence-electron chi connectivity index (χ0n) is 9.33. The van der Waals surface area contributed by atoms with Gasteiger partial charge in [0.25, 0.3) is 0 Å². The molecule has 2 N–H and O–H groups in total. The Morgan fingerprint density at radius 2 is 2.24 bits per heavy atom. The van der Waals surface area contributed by atoms with E-state index in [1.54, 1.807) is 6.07 Å². The summed E-state index contributed by atoms with van der Waals surface area (Å²) < 4.78 is 13.2. The van der Waals surface area contributed by atoms with Crippen LogP contribution in [-0.2, 0) is 6.42 Å². The number of nitrogen functional groups attached to an aromatic ring is 1. The van der Waals surface area contributed by atoms with E-state index in [4.69, 9.17) is 11.0 Å². The van der Waals surface area contributed by atoms with Gasteiger partial charge >= 0.3 is 0 Å². The van der Waals surface area contributed by atoms with Crippen molar-refractivity contribution in [2.75, 3.05) is 5.73 Å². The second-order valence-electron chi connectivity index (χ2n) is 3.63. The Kier molecular flexibility index (Phi) is 3.12. The van der Waals surface area contributed by atoms with E-state index >= 15 is 0 Å². The Hall–Kier alpha value is -1.86. The summed E-state index contributed by atoms with van der Waals surface area (Å²) in [4.78, 5) is 1.39. The molecule has 0 amide bonds. The lowest BCUT2D eigenvalue weighted by Crippen LogP contribution is -1.91. The first-order valence-corrected chi connectivity index (χ1v) is 6.06. The van der Waals surface area contributed by atoms with Crippen LogP contribution < -0.4 is 5.73 Å². The van der Waals surface area contributed by atoms with Gasteiger partial charge in [0.15, 0.2) is 0 Å². The third-order valence-electron chi connectivity index (χ3n) is 2.59. The number of rotatable bonds is 2. The molecule has 0 aliphatic heterocycles. The molecule has 1 aromatic carbocycles. The molecule has 0 bridgehead atoms. The Morgan fingerprint density at radius 3 is 2.82 bits per heavy atom. The molecule has 1 heterocycles. The third-order valence-corrected chi connectivity index (χ3v) is 3.79. The summed E-state index contributed by atoms with van der Waals surface area (Å²) in [6.07, 6.45) is 0.732. The highest BCUT2D eigenvalue weighted by Crippen LogP contribution is 2.38. The third kappa shape index (κ3) is 2.02. The molecule has 0 atom stereocenters. The van der Waals surface area contributed by atoms with Gasteiger partial charge < -0.3 is 5.73 Å². The van der Waals surface area contributed by atoms with Crippen molar-refractivity contribution in [1.29, 1.82) is 5.26 Å². The van der Waals surface area contributed by atoms with Gasteiger partial charge in [0.1, 0.15) is 16.8 Å². The van der Waals surface area contributed by atoms with Crippen LogP contribution in [0.4, 0.5) is 10.1 Å². The number of thiophene rings is 1. The van der Waals surface area contributed by atoms with Gasteiger partial charge in [0.2, 0.25) is 0 Å². The van der Waals surface area contributed by atoms with Crippen molar-refractivity contribution in [3.63, 3.8) is 0 Å². The van der Waals surface area contributed by atoms with E-state index in [9.17, 15) is 4.39 Å². The van der Waals surface area contributed by atoms with Gasteiger partial charge in [-0.25, -0.2) is 4.39 Å². The predicted octanol–water partition coefficient (Wildman–Crippen LogP) is 3.57. The molecular weight excluding hydrogens is 235 g/mol. The van der Waals surface area contributed by atoms with Crippen molar-refractivity contribution in [1.82, 2.24) is 0 Å². The number of nitriles is 1. The minimum Gasteiger partial charge on any atom is -0.397 e. The highest BCUT2D eigenvalue weighted by atomic mass is 32.1. The van der Waals surface area contributed by atoms with E-state index in [1.165, 1.54) is 23.5 Å². The van der Waals surface area contributed by atoms with Crippen LogP contribution in [0.2, 0.25) is 0 Å². The van der Waals surface area contributed by atoms with Gasteiger partial charge in [0, 0.05) is 4.88 Å². The molecule has 2 rings (SSSR count). The monoisotopic (exact) mass is 246 g/mol. The zero-order valence-corrected chi connectivity index (χ0v) is 10.1. The summed E-state index contributed by atoms with van der Waals surface area (Å²) in [5, 5.41) is 8.96. The van der Waals surface area contributed by atoms with E-state index in [2.05, 4.69) is 6.07 Å². The molecule has 0 spiro atoms. The van der Waals surface area contributed by atoms with Crippen LogP contribution >= 0.6 is 11.3 Å². The molecule has 4 heteroatoms. The van der Waals surface area contributed by atoms with Gasteiger partial charge in [-0.05, 0) is 29.7 Å². The molecular formula is C13H11FN2S. The summed E-state index contributed by atoms with van der Waals surface area (Å²) >= 11 is 1.32. The molecule has 0 saturated heterocycles. The van der Waals surface area contributed by atoms with Gasteiger partial charge in [-0.2, -0.15) is 5.26 Å². The van der Waals surface area contributed by atoms with Crippen LogP contribution in [0.15, 0.2) is 24.3 Å². The SMILES string of the molecule is CCc1c(-c2cccc(F)c2)sc(C#N)c1N. The zero-order chi connectivity index (χ0) is 12.4. The second-order valence-corrected chi connectivity index (χ2v) is 4.65. The van der Waals surface area contributed by atoms with Crippen molar-refractivity contribution < 1.29 is 4.39 Å². The van der Waals surface area contributed by atoms with Gasteiger partial charge in [-0.3, -0.25) is 0 Å². The molecule has 0 saturated carbocycles. The standard InChI is InChI=1S/C13H11FN2S/c1-2-10-12(16)11(7-15)17-13(10)8-4-3-5-9(14)6-8/h3-6H,2,16H2,1H3. The quantitative estimate of drug-likeness (QED) is 0.880. The Balaban J connectivity index is 2.64. The van der Waals surface area contributed by atoms with E-state index in [-0.39, 0.29) is 5.82 Å². The molecule has 86 valence electrons. The minimum atomic E-state index is -0.282. The van der Waals surface area contributed by atoms with Gasteiger partial charge in [0.05, 0.1) is 5.69 Å². The van der Waals surface area contributed by atoms with Gasteiger partial charge in [-0.15, -0.1) is 11.3 Å². The van der Waals surface area contributed by atoms with E-state index in [1.807, 2.05) is 13.0 Å². The second kappa shape index (κ2) is 4.56. The summed E-state index contributed by atoms with van der Waals surface area (Å²) in [7, 11) is 0. The van der Waals surface area contributed by atoms with Crippen molar-refractivity contribution in [2.24, 2.45) is 0 Å². The average Bonchev–Trinajstić information content (AvgIpc) is 2.65.